The fraction of sp³-hybridized carbons (Fsp3) is 0.125. The molecule has 2 rings (SSSR count). The maximum absolute atomic E-state index is 3.81. The number of nitrogens with one attached hydrogen (secondary N) is 1. The van der Waals surface area contributed by atoms with Crippen molar-refractivity contribution in [2.24, 2.45) is 0 Å². The third-order valence-electron chi connectivity index (χ3n) is 1.77. The molecule has 0 aliphatic rings. The van der Waals surface area contributed by atoms with Gasteiger partial charge in [-0.25, -0.2) is 0 Å². The third kappa shape index (κ3) is 1.35. The number of aromatic nitrogens is 4. The van der Waals surface area contributed by atoms with E-state index in [2.05, 4.69) is 20.8 Å². The molecule has 1 aromatic heterocycles. The largest absolute Gasteiger partial charge is 0.386 e. The molecule has 0 aliphatic heterocycles. The summed E-state index contributed by atoms with van der Waals surface area (Å²) >= 11 is 0. The molecule has 66 valence electrons. The Morgan fingerprint density at radius 1 is 1.31 bits per heavy atom. The summed E-state index contributed by atoms with van der Waals surface area (Å²) in [6, 6.07) is 7.82. The predicted octanol–water partition coefficient (Wildman–Crippen LogP) is 0.704. The van der Waals surface area contributed by atoms with Crippen molar-refractivity contribution in [3.63, 3.8) is 0 Å². The van der Waals surface area contributed by atoms with Crippen molar-refractivity contribution in [1.29, 1.82) is 0 Å². The molecule has 5 heteroatoms. The highest BCUT2D eigenvalue weighted by atomic mass is 15.5. The first kappa shape index (κ1) is 7.72. The molecule has 0 amide bonds. The third-order valence-corrected chi connectivity index (χ3v) is 1.77. The van der Waals surface area contributed by atoms with Gasteiger partial charge in [-0.1, -0.05) is 12.1 Å². The minimum atomic E-state index is 0.940. The number of rotatable bonds is 2. The molecular formula is C8H9N5. The van der Waals surface area contributed by atoms with Crippen LogP contribution in [0.1, 0.15) is 0 Å². The molecular weight excluding hydrogens is 166 g/mol. The molecule has 0 saturated carbocycles. The first-order valence-electron chi connectivity index (χ1n) is 3.92. The number of nitrogens with zero attached hydrogens (tertiary/aromatic N) is 4. The van der Waals surface area contributed by atoms with Gasteiger partial charge >= 0.3 is 0 Å². The summed E-state index contributed by atoms with van der Waals surface area (Å²) in [7, 11) is 1.86. The van der Waals surface area contributed by atoms with E-state index < -0.39 is 0 Å². The molecule has 0 radical (unpaired) electrons. The van der Waals surface area contributed by atoms with E-state index in [0.717, 1.165) is 11.4 Å². The van der Waals surface area contributed by atoms with Gasteiger partial charge in [0, 0.05) is 7.05 Å². The molecule has 1 aromatic carbocycles. The monoisotopic (exact) mass is 175 g/mol. The number of hydrogen-bond acceptors (Lipinski definition) is 4. The summed E-state index contributed by atoms with van der Waals surface area (Å²) in [5.74, 6) is 0. The lowest BCUT2D eigenvalue weighted by Crippen LogP contribution is -2.00. The first-order chi connectivity index (χ1) is 6.42. The Balaban J connectivity index is 2.51. The molecule has 0 atom stereocenters. The zero-order valence-corrected chi connectivity index (χ0v) is 7.18. The van der Waals surface area contributed by atoms with Crippen LogP contribution in [-0.2, 0) is 0 Å². The zero-order valence-electron chi connectivity index (χ0n) is 7.18. The van der Waals surface area contributed by atoms with Crippen LogP contribution in [0.5, 0.6) is 0 Å². The quantitative estimate of drug-likeness (QED) is 0.730. The van der Waals surface area contributed by atoms with Gasteiger partial charge in [-0.05, 0) is 22.6 Å². The average molecular weight is 175 g/mol. The van der Waals surface area contributed by atoms with E-state index in [9.17, 15) is 0 Å². The van der Waals surface area contributed by atoms with Gasteiger partial charge in [0.05, 0.1) is 11.4 Å². The van der Waals surface area contributed by atoms with Crippen molar-refractivity contribution >= 4 is 5.69 Å². The fourth-order valence-corrected chi connectivity index (χ4v) is 1.16. The summed E-state index contributed by atoms with van der Waals surface area (Å²) in [6.45, 7) is 0. The van der Waals surface area contributed by atoms with Crippen molar-refractivity contribution in [2.75, 3.05) is 12.4 Å². The van der Waals surface area contributed by atoms with Crippen LogP contribution in [0.3, 0.4) is 0 Å². The highest BCUT2D eigenvalue weighted by Gasteiger charge is 2.01. The van der Waals surface area contributed by atoms with Crippen LogP contribution >= 0.6 is 0 Å². The molecule has 5 nitrogen and oxygen atoms in total. The Morgan fingerprint density at radius 3 is 2.85 bits per heavy atom. The van der Waals surface area contributed by atoms with Crippen molar-refractivity contribution in [1.82, 2.24) is 20.2 Å². The Kier molecular flexibility index (Phi) is 1.91. The molecule has 1 heterocycles. The normalized spacial score (nSPS) is 9.92. The number of anilines is 1. The van der Waals surface area contributed by atoms with Gasteiger partial charge in [-0.3, -0.25) is 0 Å². The van der Waals surface area contributed by atoms with Crippen LogP contribution in [0, 0.1) is 0 Å². The SMILES string of the molecule is CNc1ccccc1-n1cnnn1. The molecule has 13 heavy (non-hydrogen) atoms. The smallest absolute Gasteiger partial charge is 0.143 e. The van der Waals surface area contributed by atoms with Crippen LogP contribution in [0.4, 0.5) is 5.69 Å². The molecule has 0 saturated heterocycles. The Morgan fingerprint density at radius 2 is 2.15 bits per heavy atom. The minimum Gasteiger partial charge on any atom is -0.386 e. The van der Waals surface area contributed by atoms with Gasteiger partial charge < -0.3 is 5.32 Å². The highest BCUT2D eigenvalue weighted by Crippen LogP contribution is 2.16. The van der Waals surface area contributed by atoms with Crippen molar-refractivity contribution in [3.05, 3.63) is 30.6 Å². The maximum atomic E-state index is 3.81. The van der Waals surface area contributed by atoms with Crippen molar-refractivity contribution in [3.8, 4) is 5.69 Å². The molecule has 0 unspecified atom stereocenters. The average Bonchev–Trinajstić information content (AvgIpc) is 2.70. The van der Waals surface area contributed by atoms with Gasteiger partial charge in [0.2, 0.25) is 0 Å². The molecule has 2 aromatic rings. The first-order valence-corrected chi connectivity index (χ1v) is 3.92. The second-order valence-electron chi connectivity index (χ2n) is 2.52. The predicted molar refractivity (Wildman–Crippen MR) is 48.7 cm³/mol. The maximum Gasteiger partial charge on any atom is 0.143 e. The summed E-state index contributed by atoms with van der Waals surface area (Å²) in [5, 5.41) is 14.0. The van der Waals surface area contributed by atoms with E-state index in [1.54, 1.807) is 11.0 Å². The van der Waals surface area contributed by atoms with Crippen LogP contribution in [0.25, 0.3) is 5.69 Å². The van der Waals surface area contributed by atoms with Crippen molar-refractivity contribution in [2.45, 2.75) is 0 Å². The summed E-state index contributed by atoms with van der Waals surface area (Å²) < 4.78 is 1.62. The van der Waals surface area contributed by atoms with Gasteiger partial charge in [0.1, 0.15) is 6.33 Å². The van der Waals surface area contributed by atoms with Crippen molar-refractivity contribution < 1.29 is 0 Å². The van der Waals surface area contributed by atoms with E-state index >= 15 is 0 Å². The molecule has 0 spiro atoms. The van der Waals surface area contributed by atoms with Crippen LogP contribution in [0.2, 0.25) is 0 Å². The molecule has 1 N–H and O–H groups in total. The lowest BCUT2D eigenvalue weighted by atomic mass is 10.3. The summed E-state index contributed by atoms with van der Waals surface area (Å²) in [4.78, 5) is 0. The topological polar surface area (TPSA) is 55.6 Å². The van der Waals surface area contributed by atoms with Gasteiger partial charge in [-0.15, -0.1) is 5.10 Å². The van der Waals surface area contributed by atoms with E-state index in [-0.39, 0.29) is 0 Å². The van der Waals surface area contributed by atoms with Gasteiger partial charge in [-0.2, -0.15) is 4.68 Å². The van der Waals surface area contributed by atoms with E-state index in [0.29, 0.717) is 0 Å². The number of tetrazole rings is 1. The number of benzene rings is 1. The van der Waals surface area contributed by atoms with Gasteiger partial charge in [0.25, 0.3) is 0 Å². The fourth-order valence-electron chi connectivity index (χ4n) is 1.16. The summed E-state index contributed by atoms with van der Waals surface area (Å²) in [6.07, 6.45) is 1.57. The van der Waals surface area contributed by atoms with E-state index in [1.165, 1.54) is 0 Å². The second kappa shape index (κ2) is 3.22. The number of para-hydroxylation sites is 2. The lowest BCUT2D eigenvalue weighted by molar-refractivity contribution is 0.790. The summed E-state index contributed by atoms with van der Waals surface area (Å²) in [5.41, 5.74) is 1.94. The van der Waals surface area contributed by atoms with Crippen LogP contribution in [-0.4, -0.2) is 27.3 Å². The molecule has 0 aliphatic carbocycles. The Bertz CT molecular complexity index is 381. The second-order valence-corrected chi connectivity index (χ2v) is 2.52. The highest BCUT2D eigenvalue weighted by molar-refractivity contribution is 5.59. The van der Waals surface area contributed by atoms with E-state index in [1.807, 2.05) is 31.3 Å². The standard InChI is InChI=1S/C8H9N5/c1-9-7-4-2-3-5-8(7)13-6-10-11-12-13/h2-6,9H,1H3. The van der Waals surface area contributed by atoms with Crippen LogP contribution < -0.4 is 5.32 Å². The Hall–Kier alpha value is -1.91. The zero-order chi connectivity index (χ0) is 9.10. The van der Waals surface area contributed by atoms with E-state index in [4.69, 9.17) is 0 Å². The Labute approximate surface area is 75.4 Å². The number of hydrogen-bond donors (Lipinski definition) is 1. The van der Waals surface area contributed by atoms with Crippen LogP contribution in [0.15, 0.2) is 30.6 Å². The minimum absolute atomic E-state index is 0.940. The molecule has 0 bridgehead atoms. The van der Waals surface area contributed by atoms with Gasteiger partial charge in [0.15, 0.2) is 0 Å². The molecule has 0 fully saturated rings. The lowest BCUT2D eigenvalue weighted by Gasteiger charge is -2.06.